The maximum Gasteiger partial charge on any atom is 0.227 e. The van der Waals surface area contributed by atoms with Gasteiger partial charge >= 0.3 is 0 Å². The number of aromatic nitrogens is 4. The van der Waals surface area contributed by atoms with Crippen LogP contribution >= 0.6 is 0 Å². The minimum atomic E-state index is 0.764. The van der Waals surface area contributed by atoms with Crippen molar-refractivity contribution in [3.63, 3.8) is 0 Å². The predicted molar refractivity (Wildman–Crippen MR) is 78.3 cm³/mol. The highest BCUT2D eigenvalue weighted by Crippen LogP contribution is 2.16. The summed E-state index contributed by atoms with van der Waals surface area (Å²) in [6.07, 6.45) is 1.78. The molecule has 1 aliphatic rings. The zero-order valence-corrected chi connectivity index (χ0v) is 11.8. The number of hydrogen-bond acceptors (Lipinski definition) is 6. The Morgan fingerprint density at radius 3 is 2.70 bits per heavy atom. The van der Waals surface area contributed by atoms with E-state index in [4.69, 9.17) is 0 Å². The highest BCUT2D eigenvalue weighted by Gasteiger charge is 2.16. The van der Waals surface area contributed by atoms with Gasteiger partial charge in [0.2, 0.25) is 5.95 Å². The Morgan fingerprint density at radius 2 is 2.00 bits per heavy atom. The van der Waals surface area contributed by atoms with E-state index < -0.39 is 0 Å². The average Bonchev–Trinajstić information content (AvgIpc) is 2.85. The molecule has 0 atom stereocenters. The summed E-state index contributed by atoms with van der Waals surface area (Å²) in [5.74, 6) is 2.31. The number of rotatable bonds is 3. The van der Waals surface area contributed by atoms with Crippen molar-refractivity contribution in [3.05, 3.63) is 24.0 Å². The number of piperazine rings is 1. The molecule has 0 aromatic carbocycles. The van der Waals surface area contributed by atoms with Gasteiger partial charge in [-0.1, -0.05) is 0 Å². The number of likely N-dealkylation sites (N-methyl/N-ethyl adjacent to an activating group) is 1. The molecule has 0 bridgehead atoms. The maximum absolute atomic E-state index is 4.56. The Kier molecular flexibility index (Phi) is 3.51. The second-order valence-electron chi connectivity index (χ2n) is 5.09. The van der Waals surface area contributed by atoms with E-state index in [0.717, 1.165) is 49.5 Å². The minimum Gasteiger partial charge on any atom is -0.338 e. The normalized spacial score (nSPS) is 16.4. The fraction of sp³-hybridized carbons (Fsp3) is 0.462. The van der Waals surface area contributed by atoms with Gasteiger partial charge in [-0.05, 0) is 20.0 Å². The van der Waals surface area contributed by atoms with E-state index in [0.29, 0.717) is 0 Å². The van der Waals surface area contributed by atoms with Crippen LogP contribution in [0.4, 0.5) is 17.6 Å². The first-order valence-corrected chi connectivity index (χ1v) is 6.76. The number of H-pyrrole nitrogens is 1. The molecular formula is C13H19N7. The van der Waals surface area contributed by atoms with Gasteiger partial charge in [-0.3, -0.25) is 5.10 Å². The van der Waals surface area contributed by atoms with Crippen molar-refractivity contribution in [1.82, 2.24) is 25.1 Å². The zero-order valence-electron chi connectivity index (χ0n) is 11.8. The van der Waals surface area contributed by atoms with Crippen LogP contribution in [0.5, 0.6) is 0 Å². The minimum absolute atomic E-state index is 0.764. The number of aryl methyl sites for hydroxylation is 1. The smallest absolute Gasteiger partial charge is 0.227 e. The van der Waals surface area contributed by atoms with Gasteiger partial charge in [-0.25, -0.2) is 4.98 Å². The molecule has 1 saturated heterocycles. The molecule has 0 spiro atoms. The van der Waals surface area contributed by atoms with Crippen molar-refractivity contribution in [2.24, 2.45) is 0 Å². The van der Waals surface area contributed by atoms with Crippen LogP contribution in [0, 0.1) is 6.92 Å². The van der Waals surface area contributed by atoms with E-state index >= 15 is 0 Å². The lowest BCUT2D eigenvalue weighted by Gasteiger charge is -2.32. The predicted octanol–water partition coefficient (Wildman–Crippen LogP) is 1.00. The molecule has 0 radical (unpaired) electrons. The monoisotopic (exact) mass is 273 g/mol. The highest BCUT2D eigenvalue weighted by molar-refractivity contribution is 5.53. The summed E-state index contributed by atoms with van der Waals surface area (Å²) >= 11 is 0. The van der Waals surface area contributed by atoms with E-state index in [2.05, 4.69) is 42.3 Å². The van der Waals surface area contributed by atoms with Crippen molar-refractivity contribution in [1.29, 1.82) is 0 Å². The van der Waals surface area contributed by atoms with E-state index in [1.807, 2.05) is 19.1 Å². The summed E-state index contributed by atoms with van der Waals surface area (Å²) < 4.78 is 0. The van der Waals surface area contributed by atoms with Gasteiger partial charge in [0.05, 0.1) is 0 Å². The zero-order chi connectivity index (χ0) is 13.9. The van der Waals surface area contributed by atoms with Crippen molar-refractivity contribution >= 4 is 17.6 Å². The Morgan fingerprint density at radius 1 is 1.20 bits per heavy atom. The quantitative estimate of drug-likeness (QED) is 0.869. The molecule has 0 saturated carbocycles. The van der Waals surface area contributed by atoms with Crippen molar-refractivity contribution in [3.8, 4) is 0 Å². The molecule has 3 rings (SSSR count). The molecule has 106 valence electrons. The van der Waals surface area contributed by atoms with Crippen LogP contribution in [-0.4, -0.2) is 58.3 Å². The Labute approximate surface area is 118 Å². The van der Waals surface area contributed by atoms with Gasteiger partial charge in [-0.15, -0.1) is 0 Å². The molecule has 20 heavy (non-hydrogen) atoms. The number of anilines is 3. The van der Waals surface area contributed by atoms with Gasteiger partial charge in [0.15, 0.2) is 5.82 Å². The molecule has 3 heterocycles. The first kappa shape index (κ1) is 12.9. The highest BCUT2D eigenvalue weighted by atomic mass is 15.3. The molecular weight excluding hydrogens is 254 g/mol. The number of aromatic amines is 1. The van der Waals surface area contributed by atoms with Gasteiger partial charge in [-0.2, -0.15) is 10.1 Å². The summed E-state index contributed by atoms with van der Waals surface area (Å²) in [5.41, 5.74) is 1.01. The van der Waals surface area contributed by atoms with Gasteiger partial charge < -0.3 is 15.1 Å². The maximum atomic E-state index is 4.56. The molecule has 2 aromatic rings. The van der Waals surface area contributed by atoms with Gasteiger partial charge in [0.25, 0.3) is 0 Å². The first-order valence-electron chi connectivity index (χ1n) is 6.76. The van der Waals surface area contributed by atoms with Crippen LogP contribution in [-0.2, 0) is 0 Å². The van der Waals surface area contributed by atoms with Crippen LogP contribution in [0.2, 0.25) is 0 Å². The van der Waals surface area contributed by atoms with E-state index in [1.54, 1.807) is 6.20 Å². The molecule has 1 fully saturated rings. The average molecular weight is 273 g/mol. The molecule has 0 amide bonds. The third-order valence-corrected chi connectivity index (χ3v) is 3.39. The Hall–Kier alpha value is -2.15. The lowest BCUT2D eigenvalue weighted by molar-refractivity contribution is 0.311. The largest absolute Gasteiger partial charge is 0.338 e. The Balaban J connectivity index is 1.72. The summed E-state index contributed by atoms with van der Waals surface area (Å²) in [5, 5.41) is 10.2. The van der Waals surface area contributed by atoms with E-state index in [-0.39, 0.29) is 0 Å². The second kappa shape index (κ2) is 5.46. The van der Waals surface area contributed by atoms with Crippen molar-refractivity contribution < 1.29 is 0 Å². The third-order valence-electron chi connectivity index (χ3n) is 3.39. The summed E-state index contributed by atoms with van der Waals surface area (Å²) in [4.78, 5) is 13.4. The molecule has 2 aromatic heterocycles. The second-order valence-corrected chi connectivity index (χ2v) is 5.09. The van der Waals surface area contributed by atoms with Crippen LogP contribution in [0.25, 0.3) is 0 Å². The molecule has 0 aliphatic carbocycles. The number of nitrogens with one attached hydrogen (secondary N) is 2. The van der Waals surface area contributed by atoms with Crippen LogP contribution in [0.1, 0.15) is 5.69 Å². The first-order chi connectivity index (χ1) is 9.70. The third kappa shape index (κ3) is 2.88. The molecule has 0 unspecified atom stereocenters. The van der Waals surface area contributed by atoms with Crippen LogP contribution < -0.4 is 10.2 Å². The van der Waals surface area contributed by atoms with Gasteiger partial charge in [0, 0.05) is 44.1 Å². The molecule has 2 N–H and O–H groups in total. The Bertz CT molecular complexity index is 572. The van der Waals surface area contributed by atoms with Crippen LogP contribution in [0.3, 0.4) is 0 Å². The van der Waals surface area contributed by atoms with Crippen LogP contribution in [0.15, 0.2) is 18.3 Å². The van der Waals surface area contributed by atoms with E-state index in [1.165, 1.54) is 0 Å². The lowest BCUT2D eigenvalue weighted by atomic mass is 10.3. The molecule has 7 nitrogen and oxygen atoms in total. The number of hydrogen-bond donors (Lipinski definition) is 2. The summed E-state index contributed by atoms with van der Waals surface area (Å²) in [7, 11) is 2.14. The van der Waals surface area contributed by atoms with E-state index in [9.17, 15) is 0 Å². The van der Waals surface area contributed by atoms with Gasteiger partial charge in [0.1, 0.15) is 5.82 Å². The SMILES string of the molecule is Cc1cc(Nc2ccnc(N3CCN(C)CC3)n2)n[nH]1. The van der Waals surface area contributed by atoms with Crippen molar-refractivity contribution in [2.45, 2.75) is 6.92 Å². The van der Waals surface area contributed by atoms with Crippen molar-refractivity contribution in [2.75, 3.05) is 43.4 Å². The fourth-order valence-corrected chi connectivity index (χ4v) is 2.19. The fourth-order valence-electron chi connectivity index (χ4n) is 2.19. The standard InChI is InChI=1S/C13H19N7/c1-10-9-12(18-17-10)15-11-3-4-14-13(16-11)20-7-5-19(2)6-8-20/h3-4,9H,5-8H2,1-2H3,(H2,14,15,16,17,18). The number of nitrogens with zero attached hydrogens (tertiary/aromatic N) is 5. The summed E-state index contributed by atoms with van der Waals surface area (Å²) in [6.45, 7) is 5.97. The molecule has 1 aliphatic heterocycles. The summed E-state index contributed by atoms with van der Waals surface area (Å²) in [6, 6.07) is 3.79. The molecule has 7 heteroatoms. The lowest BCUT2D eigenvalue weighted by Crippen LogP contribution is -2.45. The topological polar surface area (TPSA) is 73.0 Å².